The van der Waals surface area contributed by atoms with E-state index in [9.17, 15) is 37.5 Å². The Morgan fingerprint density at radius 2 is 1.40 bits per heavy atom. The van der Waals surface area contributed by atoms with Gasteiger partial charge in [-0.3, -0.25) is 38.1 Å². The van der Waals surface area contributed by atoms with Gasteiger partial charge < -0.3 is 0 Å². The van der Waals surface area contributed by atoms with Crippen molar-refractivity contribution in [1.29, 1.82) is 0 Å². The molecule has 0 saturated heterocycles. The van der Waals surface area contributed by atoms with Crippen molar-refractivity contribution in [3.8, 4) is 0 Å². The Bertz CT molecular complexity index is 1130. The average molecular weight is 606 g/mol. The van der Waals surface area contributed by atoms with Gasteiger partial charge >= 0.3 is 7.82 Å². The number of sulfone groups is 1. The summed E-state index contributed by atoms with van der Waals surface area (Å²) in [6, 6.07) is 2.79. The number of nitro benzene ring substituents is 1. The molecule has 40 heavy (non-hydrogen) atoms. The highest BCUT2D eigenvalue weighted by molar-refractivity contribution is 7.90. The second-order valence-corrected chi connectivity index (χ2v) is 13.0. The van der Waals surface area contributed by atoms with Crippen molar-refractivity contribution < 1.29 is 45.9 Å². The summed E-state index contributed by atoms with van der Waals surface area (Å²) >= 11 is 0. The monoisotopic (exact) mass is 605 g/mol. The fourth-order valence-corrected chi connectivity index (χ4v) is 5.45. The molecule has 0 heterocycles. The fraction of sp³-hybridized carbons (Fsp3) is 0.654. The number of benzene rings is 1. The molecule has 0 aliphatic heterocycles. The Morgan fingerprint density at radius 1 is 0.950 bits per heavy atom. The Labute approximate surface area is 235 Å². The first-order valence-electron chi connectivity index (χ1n) is 13.4. The minimum atomic E-state index is -3.70. The van der Waals surface area contributed by atoms with Gasteiger partial charge in [-0.25, -0.2) is 13.0 Å². The number of hydrogen-bond acceptors (Lipinski definition) is 11. The standard InChI is InChI=1S/C14H13NO7S.C12H27O4P/c1-23(21,22)8-5-6-9(10(7-8)15(19)20)14(18)13-11(16)3-2-4-12(13)17;1-4-7-10-14-17(13,15-11-8-5-2)16-12-9-6-3/h5-7,13H,2-4H2,1H3;4-12H2,1-3H3. The zero-order valence-electron chi connectivity index (χ0n) is 23.6. The third-order valence-electron chi connectivity index (χ3n) is 5.85. The van der Waals surface area contributed by atoms with Crippen molar-refractivity contribution in [2.24, 2.45) is 5.92 Å². The summed E-state index contributed by atoms with van der Waals surface area (Å²) in [5, 5.41) is 11.1. The second kappa shape index (κ2) is 17.5. The van der Waals surface area contributed by atoms with Gasteiger partial charge in [0.15, 0.2) is 27.2 Å². The summed E-state index contributed by atoms with van der Waals surface area (Å²) in [5.74, 6) is -3.61. The summed E-state index contributed by atoms with van der Waals surface area (Å²) in [5.41, 5.74) is -1.17. The number of Topliss-reactive ketones (excluding diaryl/α,β-unsaturated/α-hetero) is 3. The Kier molecular flexibility index (Phi) is 15.6. The summed E-state index contributed by atoms with van der Waals surface area (Å²) in [4.78, 5) is 46.0. The van der Waals surface area contributed by atoms with E-state index in [0.717, 1.165) is 63.0 Å². The molecule has 1 fully saturated rings. The second-order valence-electron chi connectivity index (χ2n) is 9.30. The van der Waals surface area contributed by atoms with Crippen molar-refractivity contribution in [1.82, 2.24) is 0 Å². The third kappa shape index (κ3) is 11.7. The van der Waals surface area contributed by atoms with Crippen LogP contribution in [0.4, 0.5) is 5.69 Å². The lowest BCUT2D eigenvalue weighted by molar-refractivity contribution is -0.385. The van der Waals surface area contributed by atoms with Gasteiger partial charge in [0, 0.05) is 25.2 Å². The van der Waals surface area contributed by atoms with Crippen LogP contribution < -0.4 is 0 Å². The van der Waals surface area contributed by atoms with Crippen LogP contribution in [0.15, 0.2) is 23.1 Å². The number of rotatable bonds is 16. The molecule has 1 aliphatic rings. The van der Waals surface area contributed by atoms with Crippen LogP contribution in [-0.4, -0.2) is 56.8 Å². The highest BCUT2D eigenvalue weighted by Crippen LogP contribution is 2.49. The molecule has 0 atom stereocenters. The van der Waals surface area contributed by atoms with Crippen LogP contribution in [0.5, 0.6) is 0 Å². The molecule has 1 aliphatic carbocycles. The summed E-state index contributed by atoms with van der Waals surface area (Å²) in [7, 11) is -7.01. The van der Waals surface area contributed by atoms with E-state index >= 15 is 0 Å². The Morgan fingerprint density at radius 3 is 1.77 bits per heavy atom. The van der Waals surface area contributed by atoms with E-state index < -0.39 is 57.1 Å². The topological polar surface area (TPSA) is 173 Å². The van der Waals surface area contributed by atoms with Gasteiger partial charge in [-0.1, -0.05) is 40.0 Å². The molecule has 1 saturated carbocycles. The van der Waals surface area contributed by atoms with E-state index in [4.69, 9.17) is 13.6 Å². The lowest BCUT2D eigenvalue weighted by atomic mass is 9.81. The zero-order valence-corrected chi connectivity index (χ0v) is 25.3. The maximum atomic E-state index is 12.4. The van der Waals surface area contributed by atoms with E-state index in [1.807, 2.05) is 0 Å². The maximum absolute atomic E-state index is 12.4. The lowest BCUT2D eigenvalue weighted by Crippen LogP contribution is -2.35. The van der Waals surface area contributed by atoms with Crippen LogP contribution in [0.3, 0.4) is 0 Å². The van der Waals surface area contributed by atoms with E-state index in [1.54, 1.807) is 0 Å². The highest BCUT2D eigenvalue weighted by Gasteiger charge is 2.39. The molecule has 0 amide bonds. The molecule has 0 bridgehead atoms. The molecule has 0 unspecified atom stereocenters. The average Bonchev–Trinajstić information content (AvgIpc) is 2.88. The maximum Gasteiger partial charge on any atom is 0.474 e. The quantitative estimate of drug-likeness (QED) is 0.0567. The number of hydrogen-bond donors (Lipinski definition) is 0. The van der Waals surface area contributed by atoms with Crippen LogP contribution in [0.2, 0.25) is 0 Å². The molecule has 0 aromatic heterocycles. The van der Waals surface area contributed by atoms with Gasteiger partial charge in [-0.05, 0) is 37.8 Å². The van der Waals surface area contributed by atoms with E-state index in [-0.39, 0.29) is 17.7 Å². The van der Waals surface area contributed by atoms with Crippen molar-refractivity contribution in [2.45, 2.75) is 83.5 Å². The minimum Gasteiger partial charge on any atom is -0.298 e. The molecule has 12 nitrogen and oxygen atoms in total. The van der Waals surface area contributed by atoms with Crippen molar-refractivity contribution >= 4 is 40.7 Å². The summed E-state index contributed by atoms with van der Waals surface area (Å²) in [6.07, 6.45) is 7.00. The first-order valence-corrected chi connectivity index (χ1v) is 16.8. The molecule has 1 aromatic carbocycles. The number of nitrogens with zero attached hydrogens (tertiary/aromatic N) is 1. The van der Waals surface area contributed by atoms with Crippen LogP contribution in [0.1, 0.15) is 88.9 Å². The first-order chi connectivity index (χ1) is 18.8. The van der Waals surface area contributed by atoms with Crippen LogP contribution in [0.25, 0.3) is 0 Å². The molecule has 2 rings (SSSR count). The number of carbonyl (C=O) groups is 3. The van der Waals surface area contributed by atoms with E-state index in [1.165, 1.54) is 0 Å². The number of ketones is 3. The predicted octanol–water partition coefficient (Wildman–Crippen LogP) is 5.66. The lowest BCUT2D eigenvalue weighted by Gasteiger charge is -2.18. The fourth-order valence-electron chi connectivity index (χ4n) is 3.53. The van der Waals surface area contributed by atoms with Gasteiger partial charge in [0.2, 0.25) is 0 Å². The number of nitro groups is 1. The summed E-state index contributed by atoms with van der Waals surface area (Å²) < 4.78 is 51.0. The SMILES string of the molecule is CCCCOP(=O)(OCCCC)OCCCC.CS(=O)(=O)c1ccc(C(=O)C2C(=O)CCCC2=O)c([N+](=O)[O-])c1. The summed E-state index contributed by atoms with van der Waals surface area (Å²) in [6.45, 7) is 7.49. The van der Waals surface area contributed by atoms with Crippen LogP contribution in [0, 0.1) is 16.0 Å². The van der Waals surface area contributed by atoms with Gasteiger partial charge in [-0.15, -0.1) is 0 Å². The largest absolute Gasteiger partial charge is 0.474 e. The molecule has 0 N–H and O–H groups in total. The van der Waals surface area contributed by atoms with Crippen LogP contribution >= 0.6 is 7.82 Å². The Hall–Kier alpha value is -2.31. The van der Waals surface area contributed by atoms with E-state index in [2.05, 4.69) is 20.8 Å². The first kappa shape index (κ1) is 35.7. The number of carbonyl (C=O) groups excluding carboxylic acids is 3. The third-order valence-corrected chi connectivity index (χ3v) is 8.46. The number of phosphoric acid groups is 1. The van der Waals surface area contributed by atoms with Gasteiger partial charge in [0.05, 0.1) is 35.2 Å². The predicted molar refractivity (Wildman–Crippen MR) is 148 cm³/mol. The van der Waals surface area contributed by atoms with Gasteiger partial charge in [0.25, 0.3) is 5.69 Å². The van der Waals surface area contributed by atoms with Crippen LogP contribution in [-0.2, 0) is 37.6 Å². The van der Waals surface area contributed by atoms with Gasteiger partial charge in [0.1, 0.15) is 5.92 Å². The molecule has 226 valence electrons. The van der Waals surface area contributed by atoms with Gasteiger partial charge in [-0.2, -0.15) is 0 Å². The smallest absolute Gasteiger partial charge is 0.298 e. The minimum absolute atomic E-state index is 0.0668. The zero-order chi connectivity index (χ0) is 30.3. The molecular weight excluding hydrogens is 565 g/mol. The number of unbranched alkanes of at least 4 members (excludes halogenated alkanes) is 3. The molecule has 14 heteroatoms. The van der Waals surface area contributed by atoms with Crippen molar-refractivity contribution in [3.05, 3.63) is 33.9 Å². The molecule has 0 spiro atoms. The Balaban J connectivity index is 0.000000421. The normalized spacial score (nSPS) is 14.5. The highest BCUT2D eigenvalue weighted by atomic mass is 32.2. The van der Waals surface area contributed by atoms with Crippen molar-refractivity contribution in [2.75, 3.05) is 26.1 Å². The molecule has 0 radical (unpaired) electrons. The molecular formula is C26H40NO11PS. The molecule has 1 aromatic rings. The van der Waals surface area contributed by atoms with E-state index in [0.29, 0.717) is 26.2 Å². The van der Waals surface area contributed by atoms with Crippen molar-refractivity contribution in [3.63, 3.8) is 0 Å². The number of phosphoric ester groups is 1.